The van der Waals surface area contributed by atoms with E-state index in [0.717, 1.165) is 0 Å². The lowest BCUT2D eigenvalue weighted by molar-refractivity contribution is -0.131. The molecule has 0 aliphatic rings. The van der Waals surface area contributed by atoms with Gasteiger partial charge >= 0.3 is 5.97 Å². The fourth-order valence-corrected chi connectivity index (χ4v) is 2.30. The molecule has 0 spiro atoms. The van der Waals surface area contributed by atoms with E-state index in [9.17, 15) is 14.7 Å². The number of Topliss-reactive ketones (excluding diaryl/α,β-unsaturated/α-hetero) is 1. The van der Waals surface area contributed by atoms with Crippen LogP contribution in [0.15, 0.2) is 48.0 Å². The summed E-state index contributed by atoms with van der Waals surface area (Å²) in [6.45, 7) is 4.92. The molecule has 0 radical (unpaired) electrons. The fourth-order valence-electron chi connectivity index (χ4n) is 1.64. The number of aliphatic hydroxyl groups is 1. The zero-order valence-corrected chi connectivity index (χ0v) is 12.1. The van der Waals surface area contributed by atoms with Crippen molar-refractivity contribution in [3.05, 3.63) is 58.6 Å². The Morgan fingerprint density at radius 3 is 2.71 bits per heavy atom. The van der Waals surface area contributed by atoms with Crippen LogP contribution >= 0.6 is 11.3 Å². The Morgan fingerprint density at radius 2 is 2.10 bits per heavy atom. The molecule has 0 fully saturated rings. The number of benzene rings is 1. The molecule has 21 heavy (non-hydrogen) atoms. The zero-order chi connectivity index (χ0) is 15.4. The highest BCUT2D eigenvalue weighted by molar-refractivity contribution is 7.09. The Labute approximate surface area is 125 Å². The lowest BCUT2D eigenvalue weighted by Crippen LogP contribution is -2.17. The van der Waals surface area contributed by atoms with Crippen LogP contribution < -0.4 is 4.74 Å². The first-order valence-electron chi connectivity index (χ1n) is 6.09. The molecule has 0 bridgehead atoms. The molecule has 6 heteroatoms. The van der Waals surface area contributed by atoms with Gasteiger partial charge in [0.25, 0.3) is 0 Å². The van der Waals surface area contributed by atoms with Crippen molar-refractivity contribution in [1.82, 2.24) is 4.98 Å². The minimum Gasteiger partial charge on any atom is -0.422 e. The second-order valence-electron chi connectivity index (χ2n) is 4.24. The number of nitrogens with zero attached hydrogens (tertiary/aromatic N) is 1. The molecule has 1 unspecified atom stereocenters. The number of thiazole rings is 1. The van der Waals surface area contributed by atoms with Crippen molar-refractivity contribution >= 4 is 23.1 Å². The number of para-hydroxylation sites is 1. The van der Waals surface area contributed by atoms with Gasteiger partial charge in [0.05, 0.1) is 11.1 Å². The van der Waals surface area contributed by atoms with E-state index in [1.807, 2.05) is 0 Å². The summed E-state index contributed by atoms with van der Waals surface area (Å²) in [5.41, 5.74) is 0.158. The number of esters is 1. The molecule has 1 aromatic heterocycles. The van der Waals surface area contributed by atoms with Gasteiger partial charge in [-0.15, -0.1) is 11.3 Å². The highest BCUT2D eigenvalue weighted by Crippen LogP contribution is 2.25. The Kier molecular flexibility index (Phi) is 4.62. The van der Waals surface area contributed by atoms with E-state index in [0.29, 0.717) is 10.6 Å². The van der Waals surface area contributed by atoms with Gasteiger partial charge in [0.15, 0.2) is 5.78 Å². The van der Waals surface area contributed by atoms with E-state index >= 15 is 0 Å². The average molecular weight is 303 g/mol. The van der Waals surface area contributed by atoms with Crippen molar-refractivity contribution in [3.63, 3.8) is 0 Å². The summed E-state index contributed by atoms with van der Waals surface area (Å²) in [5, 5.41) is 12.0. The summed E-state index contributed by atoms with van der Waals surface area (Å²) in [5.74, 6) is -0.877. The van der Waals surface area contributed by atoms with Gasteiger partial charge in [-0.25, -0.2) is 9.78 Å². The monoisotopic (exact) mass is 303 g/mol. The lowest BCUT2D eigenvalue weighted by atomic mass is 10.1. The average Bonchev–Trinajstić information content (AvgIpc) is 3.00. The van der Waals surface area contributed by atoms with Crippen molar-refractivity contribution in [2.45, 2.75) is 13.0 Å². The van der Waals surface area contributed by atoms with Gasteiger partial charge in [0.2, 0.25) is 0 Å². The number of ketones is 1. The summed E-state index contributed by atoms with van der Waals surface area (Å²) in [6, 6.07) is 6.39. The third-order valence-corrected chi connectivity index (χ3v) is 3.57. The quantitative estimate of drug-likeness (QED) is 0.397. The van der Waals surface area contributed by atoms with E-state index in [4.69, 9.17) is 4.74 Å². The summed E-state index contributed by atoms with van der Waals surface area (Å²) in [4.78, 5) is 27.4. The molecule has 2 rings (SSSR count). The normalized spacial score (nSPS) is 11.7. The third-order valence-electron chi connectivity index (χ3n) is 2.75. The molecular formula is C15H13NO4S. The lowest BCUT2D eigenvalue weighted by Gasteiger charge is -2.12. The van der Waals surface area contributed by atoms with Gasteiger partial charge in [0, 0.05) is 11.6 Å². The van der Waals surface area contributed by atoms with Crippen LogP contribution in [0.25, 0.3) is 0 Å². The fraction of sp³-hybridized carbons (Fsp3) is 0.133. The standard InChI is InChI=1S/C15H13NO4S/c1-9(13(18)14-16-7-8-21-14)15(19)20-12-6-4-3-5-11(12)10(2)17/h3-8,13,18H,1H2,2H3. The summed E-state index contributed by atoms with van der Waals surface area (Å²) < 4.78 is 5.15. The Balaban J connectivity index is 2.15. The molecule has 2 aromatic rings. The SMILES string of the molecule is C=C(C(=O)Oc1ccccc1C(C)=O)C(O)c1nccs1. The predicted octanol–water partition coefficient (Wildman–Crippen LogP) is 2.54. The maximum Gasteiger partial charge on any atom is 0.341 e. The molecule has 0 saturated carbocycles. The number of rotatable bonds is 5. The van der Waals surface area contributed by atoms with Crippen LogP contribution in [0.2, 0.25) is 0 Å². The molecule has 1 atom stereocenters. The Morgan fingerprint density at radius 1 is 1.38 bits per heavy atom. The van der Waals surface area contributed by atoms with E-state index in [1.54, 1.807) is 23.6 Å². The van der Waals surface area contributed by atoms with Crippen molar-refractivity contribution in [1.29, 1.82) is 0 Å². The highest BCUT2D eigenvalue weighted by Gasteiger charge is 2.23. The summed E-state index contributed by atoms with van der Waals surface area (Å²) in [6.07, 6.45) is 0.300. The molecule has 0 saturated heterocycles. The van der Waals surface area contributed by atoms with Crippen molar-refractivity contribution in [3.8, 4) is 5.75 Å². The molecule has 0 aliphatic heterocycles. The first-order valence-corrected chi connectivity index (χ1v) is 6.97. The van der Waals surface area contributed by atoms with Crippen molar-refractivity contribution in [2.75, 3.05) is 0 Å². The van der Waals surface area contributed by atoms with Crippen LogP contribution in [-0.2, 0) is 4.79 Å². The van der Waals surface area contributed by atoms with Crippen LogP contribution in [-0.4, -0.2) is 21.8 Å². The minimum absolute atomic E-state index is 0.136. The van der Waals surface area contributed by atoms with Crippen molar-refractivity contribution in [2.24, 2.45) is 0 Å². The molecule has 5 nitrogen and oxygen atoms in total. The van der Waals surface area contributed by atoms with Crippen molar-refractivity contribution < 1.29 is 19.4 Å². The highest BCUT2D eigenvalue weighted by atomic mass is 32.1. The predicted molar refractivity (Wildman–Crippen MR) is 78.3 cm³/mol. The van der Waals surface area contributed by atoms with Crippen LogP contribution in [0.1, 0.15) is 28.4 Å². The number of hydrogen-bond acceptors (Lipinski definition) is 6. The van der Waals surface area contributed by atoms with E-state index in [-0.39, 0.29) is 17.1 Å². The molecule has 108 valence electrons. The molecule has 1 N–H and O–H groups in total. The van der Waals surface area contributed by atoms with Crippen LogP contribution in [0.5, 0.6) is 5.75 Å². The number of aromatic nitrogens is 1. The second-order valence-corrected chi connectivity index (χ2v) is 5.17. The van der Waals surface area contributed by atoms with E-state index in [2.05, 4.69) is 11.6 Å². The summed E-state index contributed by atoms with van der Waals surface area (Å²) >= 11 is 1.21. The summed E-state index contributed by atoms with van der Waals surface area (Å²) in [7, 11) is 0. The number of ether oxygens (including phenoxy) is 1. The number of carbonyl (C=O) groups is 2. The third kappa shape index (κ3) is 3.42. The van der Waals surface area contributed by atoms with Crippen LogP contribution in [0.3, 0.4) is 0 Å². The number of hydrogen-bond donors (Lipinski definition) is 1. The second kappa shape index (κ2) is 6.43. The first-order chi connectivity index (χ1) is 10.0. The van der Waals surface area contributed by atoms with Gasteiger partial charge in [-0.1, -0.05) is 18.7 Å². The van der Waals surface area contributed by atoms with Crippen LogP contribution in [0, 0.1) is 0 Å². The van der Waals surface area contributed by atoms with E-state index in [1.165, 1.54) is 30.5 Å². The van der Waals surface area contributed by atoms with Gasteiger partial charge in [-0.05, 0) is 19.1 Å². The van der Waals surface area contributed by atoms with E-state index < -0.39 is 12.1 Å². The molecular weight excluding hydrogens is 290 g/mol. The maximum atomic E-state index is 12.0. The molecule has 1 aromatic carbocycles. The molecule has 1 heterocycles. The Hall–Kier alpha value is -2.31. The largest absolute Gasteiger partial charge is 0.422 e. The zero-order valence-electron chi connectivity index (χ0n) is 11.3. The first kappa shape index (κ1) is 15.1. The van der Waals surface area contributed by atoms with Crippen LogP contribution in [0.4, 0.5) is 0 Å². The Bertz CT molecular complexity index is 679. The maximum absolute atomic E-state index is 12.0. The number of aliphatic hydroxyl groups excluding tert-OH is 1. The van der Waals surface area contributed by atoms with Gasteiger partial charge in [-0.3, -0.25) is 4.79 Å². The molecule has 0 aliphatic carbocycles. The van der Waals surface area contributed by atoms with Gasteiger partial charge < -0.3 is 9.84 Å². The topological polar surface area (TPSA) is 76.5 Å². The van der Waals surface area contributed by atoms with Gasteiger partial charge in [-0.2, -0.15) is 0 Å². The minimum atomic E-state index is -1.22. The number of carbonyl (C=O) groups excluding carboxylic acids is 2. The molecule has 0 amide bonds. The smallest absolute Gasteiger partial charge is 0.341 e. The van der Waals surface area contributed by atoms with Gasteiger partial charge in [0.1, 0.15) is 16.9 Å².